The van der Waals surface area contributed by atoms with E-state index in [0.29, 0.717) is 11.4 Å². The highest BCUT2D eigenvalue weighted by atomic mass is 79.9. The zero-order chi connectivity index (χ0) is 19.5. The molecule has 1 amide bonds. The Balaban J connectivity index is 1.89. The van der Waals surface area contributed by atoms with Crippen LogP contribution in [0.2, 0.25) is 0 Å². The van der Waals surface area contributed by atoms with Crippen molar-refractivity contribution in [3.05, 3.63) is 95.1 Å². The van der Waals surface area contributed by atoms with E-state index >= 15 is 0 Å². The number of hydrogen-bond donors (Lipinski definition) is 0. The molecule has 0 unspecified atom stereocenters. The van der Waals surface area contributed by atoms with Gasteiger partial charge in [-0.1, -0.05) is 40.2 Å². The lowest BCUT2D eigenvalue weighted by Gasteiger charge is -2.23. The minimum absolute atomic E-state index is 0.151. The van der Waals surface area contributed by atoms with Crippen LogP contribution in [0.5, 0.6) is 5.75 Å². The molecular weight excluding hydrogens is 416 g/mol. The molecule has 5 heteroatoms. The minimum atomic E-state index is -0.151. The number of anilines is 2. The third kappa shape index (κ3) is 3.49. The van der Waals surface area contributed by atoms with E-state index in [9.17, 15) is 4.79 Å². The van der Waals surface area contributed by atoms with E-state index < -0.39 is 0 Å². The predicted molar refractivity (Wildman–Crippen MR) is 115 cm³/mol. The minimum Gasteiger partial charge on any atom is -0.497 e. The van der Waals surface area contributed by atoms with E-state index in [1.165, 1.54) is 0 Å². The average molecular weight is 433 g/mol. The van der Waals surface area contributed by atoms with Crippen molar-refractivity contribution in [3.63, 3.8) is 0 Å². The van der Waals surface area contributed by atoms with Crippen LogP contribution >= 0.6 is 15.9 Å². The van der Waals surface area contributed by atoms with Crippen LogP contribution in [0, 0.1) is 0 Å². The molecule has 4 rings (SSSR count). The number of hydrogen-bond acceptors (Lipinski definition) is 3. The Kier molecular flexibility index (Phi) is 5.08. The van der Waals surface area contributed by atoms with Crippen LogP contribution < -0.4 is 9.64 Å². The summed E-state index contributed by atoms with van der Waals surface area (Å²) in [6.45, 7) is 0. The maximum atomic E-state index is 13.5. The van der Waals surface area contributed by atoms with Crippen molar-refractivity contribution in [1.82, 2.24) is 4.98 Å². The molecule has 0 saturated heterocycles. The maximum absolute atomic E-state index is 13.5. The third-order valence-electron chi connectivity index (χ3n) is 4.49. The maximum Gasteiger partial charge on any atom is 0.264 e. The topological polar surface area (TPSA) is 42.4 Å². The van der Waals surface area contributed by atoms with Gasteiger partial charge in [-0.05, 0) is 60.0 Å². The summed E-state index contributed by atoms with van der Waals surface area (Å²) in [5, 5.41) is 1.93. The fourth-order valence-corrected chi connectivity index (χ4v) is 3.33. The van der Waals surface area contributed by atoms with E-state index in [1.54, 1.807) is 30.3 Å². The molecule has 0 aliphatic carbocycles. The molecule has 0 atom stereocenters. The van der Waals surface area contributed by atoms with Crippen molar-refractivity contribution in [2.75, 3.05) is 12.0 Å². The molecule has 0 saturated carbocycles. The number of halogens is 1. The second kappa shape index (κ2) is 7.82. The molecule has 0 aliphatic rings. The Labute approximate surface area is 171 Å². The van der Waals surface area contributed by atoms with Crippen LogP contribution in [0.3, 0.4) is 0 Å². The quantitative estimate of drug-likeness (QED) is 0.397. The first-order valence-electron chi connectivity index (χ1n) is 8.75. The van der Waals surface area contributed by atoms with Crippen LogP contribution in [0.1, 0.15) is 10.4 Å². The van der Waals surface area contributed by atoms with Crippen LogP contribution in [0.15, 0.2) is 89.5 Å². The molecule has 28 heavy (non-hydrogen) atoms. The molecule has 138 valence electrons. The zero-order valence-corrected chi connectivity index (χ0v) is 16.8. The number of benzene rings is 3. The summed E-state index contributed by atoms with van der Waals surface area (Å²) in [6.07, 6.45) is 1.73. The highest BCUT2D eigenvalue weighted by molar-refractivity contribution is 9.10. The van der Waals surface area contributed by atoms with Crippen molar-refractivity contribution in [1.29, 1.82) is 0 Å². The van der Waals surface area contributed by atoms with Crippen molar-refractivity contribution < 1.29 is 9.53 Å². The zero-order valence-electron chi connectivity index (χ0n) is 15.2. The van der Waals surface area contributed by atoms with Gasteiger partial charge in [-0.2, -0.15) is 0 Å². The van der Waals surface area contributed by atoms with Gasteiger partial charge in [0, 0.05) is 21.6 Å². The lowest BCUT2D eigenvalue weighted by atomic mass is 10.1. The molecule has 0 aliphatic heterocycles. The van der Waals surface area contributed by atoms with Crippen molar-refractivity contribution in [2.45, 2.75) is 0 Å². The van der Waals surface area contributed by atoms with Gasteiger partial charge < -0.3 is 4.74 Å². The monoisotopic (exact) mass is 432 g/mol. The van der Waals surface area contributed by atoms with Gasteiger partial charge in [0.25, 0.3) is 5.91 Å². The summed E-state index contributed by atoms with van der Waals surface area (Å²) in [7, 11) is 1.62. The first kappa shape index (κ1) is 18.2. The van der Waals surface area contributed by atoms with Gasteiger partial charge in [-0.3, -0.25) is 9.69 Å². The highest BCUT2D eigenvalue weighted by Gasteiger charge is 2.23. The molecule has 1 aromatic heterocycles. The molecule has 0 bridgehead atoms. The summed E-state index contributed by atoms with van der Waals surface area (Å²) in [4.78, 5) is 19.7. The predicted octanol–water partition coefficient (Wildman–Crippen LogP) is 5.98. The summed E-state index contributed by atoms with van der Waals surface area (Å²) >= 11 is 3.42. The summed E-state index contributed by atoms with van der Waals surface area (Å²) in [6, 6.07) is 24.6. The molecule has 0 fully saturated rings. The SMILES string of the molecule is COc1ccc(N(C(=O)c2ccc(Br)cc2)c2nccc3ccccc23)cc1. The number of methoxy groups -OCH3 is 1. The standard InChI is InChI=1S/C23H17BrN2O2/c1-28-20-12-10-19(11-13-20)26(23(27)17-6-8-18(24)9-7-17)22-21-5-3-2-4-16(21)14-15-25-22/h2-15H,1H3. The van der Waals surface area contributed by atoms with Gasteiger partial charge in [-0.15, -0.1) is 0 Å². The molecule has 0 radical (unpaired) electrons. The molecular formula is C23H17BrN2O2. The van der Waals surface area contributed by atoms with Gasteiger partial charge >= 0.3 is 0 Å². The Morgan fingerprint density at radius 2 is 1.64 bits per heavy atom. The van der Waals surface area contributed by atoms with E-state index in [2.05, 4.69) is 20.9 Å². The largest absolute Gasteiger partial charge is 0.497 e. The van der Waals surface area contributed by atoms with Gasteiger partial charge in [0.05, 0.1) is 12.8 Å². The van der Waals surface area contributed by atoms with E-state index in [-0.39, 0.29) is 5.91 Å². The number of carbonyl (C=O) groups excluding carboxylic acids is 1. The van der Waals surface area contributed by atoms with E-state index in [0.717, 1.165) is 26.7 Å². The van der Waals surface area contributed by atoms with Crippen molar-refractivity contribution in [2.24, 2.45) is 0 Å². The number of aromatic nitrogens is 1. The Hall–Kier alpha value is -3.18. The summed E-state index contributed by atoms with van der Waals surface area (Å²) in [5.41, 5.74) is 1.30. The number of carbonyl (C=O) groups is 1. The van der Waals surface area contributed by atoms with Crippen LogP contribution in [0.25, 0.3) is 10.8 Å². The number of ether oxygens (including phenoxy) is 1. The average Bonchev–Trinajstić information content (AvgIpc) is 2.75. The lowest BCUT2D eigenvalue weighted by Crippen LogP contribution is -2.27. The van der Waals surface area contributed by atoms with E-state index in [1.807, 2.05) is 66.7 Å². The van der Waals surface area contributed by atoms with Crippen LogP contribution in [0.4, 0.5) is 11.5 Å². The second-order valence-electron chi connectivity index (χ2n) is 6.20. The van der Waals surface area contributed by atoms with Crippen molar-refractivity contribution >= 4 is 44.1 Å². The summed E-state index contributed by atoms with van der Waals surface area (Å²) in [5.74, 6) is 1.17. The fraction of sp³-hybridized carbons (Fsp3) is 0.0435. The number of amides is 1. The lowest BCUT2D eigenvalue weighted by molar-refractivity contribution is 0.0999. The number of rotatable bonds is 4. The smallest absolute Gasteiger partial charge is 0.264 e. The highest BCUT2D eigenvalue weighted by Crippen LogP contribution is 2.33. The molecule has 4 aromatic rings. The second-order valence-corrected chi connectivity index (χ2v) is 7.12. The number of nitrogens with zero attached hydrogens (tertiary/aromatic N) is 2. The van der Waals surface area contributed by atoms with Gasteiger partial charge in [0.15, 0.2) is 0 Å². The van der Waals surface area contributed by atoms with Gasteiger partial charge in [0.1, 0.15) is 11.6 Å². The third-order valence-corrected chi connectivity index (χ3v) is 5.02. The Bertz CT molecular complexity index is 1120. The molecule has 0 spiro atoms. The molecule has 0 N–H and O–H groups in total. The first-order chi connectivity index (χ1) is 13.7. The first-order valence-corrected chi connectivity index (χ1v) is 9.54. The van der Waals surface area contributed by atoms with E-state index in [4.69, 9.17) is 4.74 Å². The van der Waals surface area contributed by atoms with Gasteiger partial charge in [-0.25, -0.2) is 4.98 Å². The van der Waals surface area contributed by atoms with Crippen LogP contribution in [-0.2, 0) is 0 Å². The van der Waals surface area contributed by atoms with Gasteiger partial charge in [0.2, 0.25) is 0 Å². The Morgan fingerprint density at radius 3 is 2.36 bits per heavy atom. The Morgan fingerprint density at radius 1 is 0.929 bits per heavy atom. The van der Waals surface area contributed by atoms with Crippen LogP contribution in [-0.4, -0.2) is 18.0 Å². The molecule has 3 aromatic carbocycles. The molecule has 1 heterocycles. The normalized spacial score (nSPS) is 10.6. The number of pyridine rings is 1. The summed E-state index contributed by atoms with van der Waals surface area (Å²) < 4.78 is 6.18. The molecule has 4 nitrogen and oxygen atoms in total. The van der Waals surface area contributed by atoms with Crippen molar-refractivity contribution in [3.8, 4) is 5.75 Å². The fourth-order valence-electron chi connectivity index (χ4n) is 3.07. The number of fused-ring (bicyclic) bond motifs is 1.